The quantitative estimate of drug-likeness (QED) is 0.395. The monoisotopic (exact) mass is 515 g/mol. The molecule has 0 radical (unpaired) electrons. The number of thiophene rings is 1. The molecule has 174 valence electrons. The summed E-state index contributed by atoms with van der Waals surface area (Å²) in [6.45, 7) is 7.54. The first kappa shape index (κ1) is 25.2. The van der Waals surface area contributed by atoms with E-state index in [2.05, 4.69) is 4.90 Å². The van der Waals surface area contributed by atoms with Gasteiger partial charge in [-0.3, -0.25) is 14.6 Å². The van der Waals surface area contributed by atoms with Gasteiger partial charge in [0, 0.05) is 31.1 Å². The molecule has 0 spiro atoms. The summed E-state index contributed by atoms with van der Waals surface area (Å²) in [6, 6.07) is 9.67. The minimum atomic E-state index is 0. The highest BCUT2D eigenvalue weighted by molar-refractivity contribution is 7.22. The number of rotatable bonds is 9. The van der Waals surface area contributed by atoms with Crippen LogP contribution in [0.1, 0.15) is 18.2 Å². The fraction of sp³-hybridized carbons (Fsp3) is 0.455. The number of fused-ring (bicyclic) bond motifs is 1. The Hall–Kier alpha value is -1.42. The Labute approximate surface area is 207 Å². The zero-order chi connectivity index (χ0) is 21.6. The molecule has 32 heavy (non-hydrogen) atoms. The predicted molar refractivity (Wildman–Crippen MR) is 135 cm³/mol. The zero-order valence-electron chi connectivity index (χ0n) is 17.9. The van der Waals surface area contributed by atoms with Crippen molar-refractivity contribution in [3.05, 3.63) is 39.5 Å². The number of ether oxygens (including phenoxy) is 2. The number of carbonyl (C=O) groups excluding carboxylic acids is 1. The third kappa shape index (κ3) is 6.34. The second-order valence-electron chi connectivity index (χ2n) is 7.27. The summed E-state index contributed by atoms with van der Waals surface area (Å²) in [4.78, 5) is 23.3. The average Bonchev–Trinajstić information content (AvgIpc) is 3.38. The van der Waals surface area contributed by atoms with E-state index in [9.17, 15) is 4.79 Å². The van der Waals surface area contributed by atoms with E-state index in [1.807, 2.05) is 42.2 Å². The molecular weight excluding hydrogens is 489 g/mol. The average molecular weight is 517 g/mol. The maximum atomic E-state index is 13.3. The molecule has 0 atom stereocenters. The number of carbonyl (C=O) groups is 1. The minimum Gasteiger partial charge on any atom is -0.492 e. The van der Waals surface area contributed by atoms with Gasteiger partial charge in [0.25, 0.3) is 0 Å². The minimum absolute atomic E-state index is 0. The van der Waals surface area contributed by atoms with E-state index in [1.54, 1.807) is 0 Å². The van der Waals surface area contributed by atoms with Crippen molar-refractivity contribution >= 4 is 67.9 Å². The van der Waals surface area contributed by atoms with Crippen molar-refractivity contribution in [2.24, 2.45) is 0 Å². The van der Waals surface area contributed by atoms with E-state index in [-0.39, 0.29) is 18.3 Å². The zero-order valence-corrected chi connectivity index (χ0v) is 21.1. The second-order valence-corrected chi connectivity index (χ2v) is 10.1. The highest BCUT2D eigenvalue weighted by atomic mass is 35.5. The number of amides is 1. The van der Waals surface area contributed by atoms with Gasteiger partial charge in [0.15, 0.2) is 5.13 Å². The van der Waals surface area contributed by atoms with Gasteiger partial charge in [0.05, 0.1) is 35.3 Å². The van der Waals surface area contributed by atoms with Crippen LogP contribution in [0.5, 0.6) is 5.75 Å². The Morgan fingerprint density at radius 3 is 2.78 bits per heavy atom. The second kappa shape index (κ2) is 12.2. The van der Waals surface area contributed by atoms with Gasteiger partial charge in [0.2, 0.25) is 5.91 Å². The number of morpholine rings is 1. The number of nitrogens with zero attached hydrogens (tertiary/aromatic N) is 3. The van der Waals surface area contributed by atoms with Crippen LogP contribution in [-0.4, -0.2) is 61.8 Å². The fourth-order valence-corrected chi connectivity index (χ4v) is 5.70. The molecule has 6 nitrogen and oxygen atoms in total. The summed E-state index contributed by atoms with van der Waals surface area (Å²) >= 11 is 9.05. The molecule has 1 aliphatic heterocycles. The molecule has 1 aromatic carbocycles. The molecule has 0 unspecified atom stereocenters. The topological polar surface area (TPSA) is 54.9 Å². The summed E-state index contributed by atoms with van der Waals surface area (Å²) in [5, 5.41) is 0.719. The molecule has 0 bridgehead atoms. The van der Waals surface area contributed by atoms with Crippen molar-refractivity contribution < 1.29 is 14.3 Å². The molecule has 10 heteroatoms. The molecule has 1 saturated heterocycles. The van der Waals surface area contributed by atoms with Crippen LogP contribution in [0.15, 0.2) is 30.3 Å². The van der Waals surface area contributed by atoms with E-state index in [1.165, 1.54) is 22.7 Å². The third-order valence-electron chi connectivity index (χ3n) is 5.12. The molecule has 1 amide bonds. The maximum absolute atomic E-state index is 13.3. The highest BCUT2D eigenvalue weighted by Crippen LogP contribution is 2.35. The van der Waals surface area contributed by atoms with Crippen LogP contribution in [0.3, 0.4) is 0 Å². The normalized spacial score (nSPS) is 14.3. The Morgan fingerprint density at radius 2 is 2.06 bits per heavy atom. The van der Waals surface area contributed by atoms with Gasteiger partial charge < -0.3 is 9.47 Å². The van der Waals surface area contributed by atoms with Gasteiger partial charge in [-0.05, 0) is 37.6 Å². The maximum Gasteiger partial charge on any atom is 0.234 e. The SMILES string of the molecule is CCOc1cccc2sc(N(CCCN3CCOCC3)C(=O)Cc3ccc(Cl)s3)nc12.Cl. The lowest BCUT2D eigenvalue weighted by atomic mass is 10.3. The molecule has 3 heterocycles. The molecule has 1 aliphatic rings. The van der Waals surface area contributed by atoms with Crippen molar-refractivity contribution in [1.82, 2.24) is 9.88 Å². The number of benzene rings is 1. The summed E-state index contributed by atoms with van der Waals surface area (Å²) in [5.41, 5.74) is 0.814. The first-order valence-corrected chi connectivity index (χ1v) is 12.5. The van der Waals surface area contributed by atoms with Crippen LogP contribution in [0.25, 0.3) is 10.2 Å². The first-order chi connectivity index (χ1) is 15.1. The van der Waals surface area contributed by atoms with E-state index < -0.39 is 0 Å². The molecule has 1 fully saturated rings. The van der Waals surface area contributed by atoms with Crippen LogP contribution in [0.4, 0.5) is 5.13 Å². The smallest absolute Gasteiger partial charge is 0.234 e. The molecule has 0 N–H and O–H groups in total. The number of hydrogen-bond donors (Lipinski definition) is 0. The van der Waals surface area contributed by atoms with Gasteiger partial charge in [0.1, 0.15) is 11.3 Å². The van der Waals surface area contributed by atoms with Crippen molar-refractivity contribution in [1.29, 1.82) is 0 Å². The molecule has 3 aromatic rings. The van der Waals surface area contributed by atoms with Crippen LogP contribution in [0, 0.1) is 0 Å². The largest absolute Gasteiger partial charge is 0.492 e. The van der Waals surface area contributed by atoms with Gasteiger partial charge in [-0.1, -0.05) is 29.0 Å². The van der Waals surface area contributed by atoms with E-state index in [0.29, 0.717) is 23.9 Å². The van der Waals surface area contributed by atoms with Crippen LogP contribution < -0.4 is 9.64 Å². The Bertz CT molecular complexity index is 1020. The van der Waals surface area contributed by atoms with E-state index >= 15 is 0 Å². The van der Waals surface area contributed by atoms with Crippen LogP contribution in [0.2, 0.25) is 4.34 Å². The lowest BCUT2D eigenvalue weighted by Gasteiger charge is -2.27. The van der Waals surface area contributed by atoms with Gasteiger partial charge in [-0.25, -0.2) is 4.98 Å². The highest BCUT2D eigenvalue weighted by Gasteiger charge is 2.22. The lowest BCUT2D eigenvalue weighted by molar-refractivity contribution is -0.118. The Balaban J connectivity index is 0.00000289. The Morgan fingerprint density at radius 1 is 1.25 bits per heavy atom. The first-order valence-electron chi connectivity index (χ1n) is 10.5. The number of anilines is 1. The Kier molecular flexibility index (Phi) is 9.58. The standard InChI is InChI=1S/C22H26ClN3O3S2.ClH/c1-2-29-17-5-3-6-18-21(17)24-22(31-18)26(10-4-9-25-11-13-28-14-12-25)20(27)15-16-7-8-19(23)30-16;/h3,5-8H,2,4,9-15H2,1H3;1H. The molecule has 0 aliphatic carbocycles. The van der Waals surface area contributed by atoms with Crippen LogP contribution >= 0.6 is 46.7 Å². The fourth-order valence-electron chi connectivity index (χ4n) is 3.59. The van der Waals surface area contributed by atoms with E-state index in [4.69, 9.17) is 26.1 Å². The number of hydrogen-bond acceptors (Lipinski definition) is 7. The van der Waals surface area contributed by atoms with Gasteiger partial charge in [-0.2, -0.15) is 0 Å². The summed E-state index contributed by atoms with van der Waals surface area (Å²) in [5.74, 6) is 0.797. The van der Waals surface area contributed by atoms with E-state index in [0.717, 1.165) is 65.2 Å². The molecule has 2 aromatic heterocycles. The predicted octanol–water partition coefficient (Wildman–Crippen LogP) is 5.13. The molecule has 4 rings (SSSR count). The van der Waals surface area contributed by atoms with Crippen molar-refractivity contribution in [2.45, 2.75) is 19.8 Å². The van der Waals surface area contributed by atoms with Gasteiger partial charge >= 0.3 is 0 Å². The molecule has 0 saturated carbocycles. The third-order valence-corrected chi connectivity index (χ3v) is 7.39. The van der Waals surface area contributed by atoms with Crippen molar-refractivity contribution in [3.63, 3.8) is 0 Å². The van der Waals surface area contributed by atoms with Crippen molar-refractivity contribution in [3.8, 4) is 5.75 Å². The van der Waals surface area contributed by atoms with Gasteiger partial charge in [-0.15, -0.1) is 23.7 Å². The summed E-state index contributed by atoms with van der Waals surface area (Å²) in [7, 11) is 0. The lowest BCUT2D eigenvalue weighted by Crippen LogP contribution is -2.39. The molecular formula is C22H27Cl2N3O3S2. The number of aromatic nitrogens is 1. The van der Waals surface area contributed by atoms with Crippen molar-refractivity contribution in [2.75, 3.05) is 50.9 Å². The van der Waals surface area contributed by atoms with Crippen LogP contribution in [-0.2, 0) is 16.0 Å². The number of halogens is 2. The number of para-hydroxylation sites is 1. The number of thiazole rings is 1. The summed E-state index contributed by atoms with van der Waals surface area (Å²) in [6.07, 6.45) is 1.20. The summed E-state index contributed by atoms with van der Waals surface area (Å²) < 4.78 is 12.9.